The summed E-state index contributed by atoms with van der Waals surface area (Å²) in [6.45, 7) is 0.293. The second-order valence-electron chi connectivity index (χ2n) is 6.28. The molecule has 1 heterocycles. The molecule has 0 fully saturated rings. The fourth-order valence-electron chi connectivity index (χ4n) is 3.01. The number of hydrogen-bond acceptors (Lipinski definition) is 6. The molecule has 2 amide bonds. The standard InChI is InChI=1S/C22H21NO6/c1-27-18-10-8-15(14-19(18)28-2)9-11-20(24)29-13-5-12-23-21(25)16-6-3-4-7-17(16)22(23)26/h3-4,6-11,14H,5,12-13H2,1-2H3/b11-9+. The van der Waals surface area contributed by atoms with Gasteiger partial charge in [0.1, 0.15) is 0 Å². The van der Waals surface area contributed by atoms with E-state index in [9.17, 15) is 14.4 Å². The van der Waals surface area contributed by atoms with Crippen LogP contribution in [-0.4, -0.2) is 50.1 Å². The minimum Gasteiger partial charge on any atom is -0.493 e. The molecule has 1 aliphatic heterocycles. The highest BCUT2D eigenvalue weighted by molar-refractivity contribution is 6.21. The van der Waals surface area contributed by atoms with Gasteiger partial charge in [-0.1, -0.05) is 18.2 Å². The maximum absolute atomic E-state index is 12.3. The van der Waals surface area contributed by atoms with Gasteiger partial charge in [0.2, 0.25) is 0 Å². The lowest BCUT2D eigenvalue weighted by molar-refractivity contribution is -0.137. The number of fused-ring (bicyclic) bond motifs is 1. The van der Waals surface area contributed by atoms with Crippen molar-refractivity contribution in [3.05, 3.63) is 65.2 Å². The first-order valence-corrected chi connectivity index (χ1v) is 9.07. The van der Waals surface area contributed by atoms with Crippen LogP contribution in [0.4, 0.5) is 0 Å². The Morgan fingerprint density at radius 1 is 0.966 bits per heavy atom. The molecule has 2 aromatic carbocycles. The predicted molar refractivity (Wildman–Crippen MR) is 106 cm³/mol. The van der Waals surface area contributed by atoms with Crippen molar-refractivity contribution >= 4 is 23.9 Å². The molecular formula is C22H21NO6. The van der Waals surface area contributed by atoms with E-state index in [-0.39, 0.29) is 25.0 Å². The summed E-state index contributed by atoms with van der Waals surface area (Å²) in [5.41, 5.74) is 1.57. The van der Waals surface area contributed by atoms with Crippen LogP contribution in [-0.2, 0) is 9.53 Å². The highest BCUT2D eigenvalue weighted by Crippen LogP contribution is 2.28. The summed E-state index contributed by atoms with van der Waals surface area (Å²) in [5.74, 6) is 0.0158. The molecule has 0 spiro atoms. The van der Waals surface area contributed by atoms with Gasteiger partial charge in [-0.25, -0.2) is 4.79 Å². The summed E-state index contributed by atoms with van der Waals surface area (Å²) in [4.78, 5) is 37.6. The molecule has 1 aliphatic rings. The molecule has 29 heavy (non-hydrogen) atoms. The molecule has 0 saturated heterocycles. The molecule has 0 aromatic heterocycles. The molecule has 0 bridgehead atoms. The summed E-state index contributed by atoms with van der Waals surface area (Å²) in [7, 11) is 3.08. The molecule has 150 valence electrons. The Morgan fingerprint density at radius 3 is 2.24 bits per heavy atom. The summed E-state index contributed by atoms with van der Waals surface area (Å²) >= 11 is 0. The van der Waals surface area contributed by atoms with Crippen molar-refractivity contribution in [3.63, 3.8) is 0 Å². The van der Waals surface area contributed by atoms with Crippen LogP contribution in [0.5, 0.6) is 11.5 Å². The summed E-state index contributed by atoms with van der Waals surface area (Å²) in [5, 5.41) is 0. The van der Waals surface area contributed by atoms with Crippen LogP contribution in [0, 0.1) is 0 Å². The first-order valence-electron chi connectivity index (χ1n) is 9.07. The number of rotatable bonds is 8. The van der Waals surface area contributed by atoms with Gasteiger partial charge in [-0.2, -0.15) is 0 Å². The molecule has 0 N–H and O–H groups in total. The third-order valence-corrected chi connectivity index (χ3v) is 4.47. The van der Waals surface area contributed by atoms with E-state index < -0.39 is 5.97 Å². The Kier molecular flexibility index (Phi) is 6.29. The van der Waals surface area contributed by atoms with Crippen molar-refractivity contribution < 1.29 is 28.6 Å². The van der Waals surface area contributed by atoms with E-state index in [0.29, 0.717) is 29.0 Å². The first-order chi connectivity index (χ1) is 14.0. The fourth-order valence-corrected chi connectivity index (χ4v) is 3.01. The van der Waals surface area contributed by atoms with Gasteiger partial charge < -0.3 is 14.2 Å². The summed E-state index contributed by atoms with van der Waals surface area (Å²) in [6.07, 6.45) is 3.28. The Balaban J connectivity index is 1.47. The van der Waals surface area contributed by atoms with Crippen molar-refractivity contribution in [2.75, 3.05) is 27.4 Å². The number of carbonyl (C=O) groups is 3. The molecule has 2 aromatic rings. The largest absolute Gasteiger partial charge is 0.493 e. The van der Waals surface area contributed by atoms with Crippen LogP contribution in [0.2, 0.25) is 0 Å². The number of amides is 2. The van der Waals surface area contributed by atoms with Crippen molar-refractivity contribution in [2.24, 2.45) is 0 Å². The average Bonchev–Trinajstić information content (AvgIpc) is 2.99. The van der Waals surface area contributed by atoms with Gasteiger partial charge in [0.15, 0.2) is 11.5 Å². The van der Waals surface area contributed by atoms with Gasteiger partial charge in [-0.3, -0.25) is 14.5 Å². The third-order valence-electron chi connectivity index (χ3n) is 4.47. The Bertz CT molecular complexity index is 931. The normalized spacial score (nSPS) is 13.0. The zero-order valence-electron chi connectivity index (χ0n) is 16.2. The Labute approximate surface area is 168 Å². The smallest absolute Gasteiger partial charge is 0.330 e. The molecule has 0 unspecified atom stereocenters. The number of imide groups is 1. The molecule has 0 aliphatic carbocycles. The second-order valence-corrected chi connectivity index (χ2v) is 6.28. The van der Waals surface area contributed by atoms with Crippen LogP contribution < -0.4 is 9.47 Å². The highest BCUT2D eigenvalue weighted by atomic mass is 16.5. The number of esters is 1. The maximum atomic E-state index is 12.3. The van der Waals surface area contributed by atoms with Gasteiger partial charge in [-0.15, -0.1) is 0 Å². The summed E-state index contributed by atoms with van der Waals surface area (Å²) in [6, 6.07) is 12.0. The van der Waals surface area contributed by atoms with Crippen LogP contribution in [0.25, 0.3) is 6.08 Å². The molecule has 7 heteroatoms. The van der Waals surface area contributed by atoms with E-state index >= 15 is 0 Å². The molecule has 0 saturated carbocycles. The van der Waals surface area contributed by atoms with Crippen molar-refractivity contribution in [1.82, 2.24) is 4.90 Å². The van der Waals surface area contributed by atoms with E-state index in [4.69, 9.17) is 14.2 Å². The highest BCUT2D eigenvalue weighted by Gasteiger charge is 2.34. The molecule has 0 atom stereocenters. The lowest BCUT2D eigenvalue weighted by Gasteiger charge is -2.13. The topological polar surface area (TPSA) is 82.1 Å². The van der Waals surface area contributed by atoms with E-state index in [1.807, 2.05) is 0 Å². The van der Waals surface area contributed by atoms with Crippen molar-refractivity contribution in [1.29, 1.82) is 0 Å². The summed E-state index contributed by atoms with van der Waals surface area (Å²) < 4.78 is 15.5. The minimum absolute atomic E-state index is 0.0997. The van der Waals surface area contributed by atoms with Crippen LogP contribution in [0.1, 0.15) is 32.7 Å². The van der Waals surface area contributed by atoms with Gasteiger partial charge in [0.25, 0.3) is 11.8 Å². The van der Waals surface area contributed by atoms with E-state index in [1.165, 1.54) is 18.1 Å². The molecule has 7 nitrogen and oxygen atoms in total. The van der Waals surface area contributed by atoms with E-state index in [0.717, 1.165) is 5.56 Å². The molecular weight excluding hydrogens is 374 g/mol. The maximum Gasteiger partial charge on any atom is 0.330 e. The predicted octanol–water partition coefficient (Wildman–Crippen LogP) is 2.95. The van der Waals surface area contributed by atoms with Crippen LogP contribution in [0.3, 0.4) is 0 Å². The number of methoxy groups -OCH3 is 2. The SMILES string of the molecule is COc1ccc(/C=C/C(=O)OCCCN2C(=O)c3ccccc3C2=O)cc1OC. The van der Waals surface area contributed by atoms with E-state index in [2.05, 4.69) is 0 Å². The van der Waals surface area contributed by atoms with Gasteiger partial charge in [0, 0.05) is 12.6 Å². The lowest BCUT2D eigenvalue weighted by Crippen LogP contribution is -2.31. The second kappa shape index (κ2) is 9.05. The van der Waals surface area contributed by atoms with Gasteiger partial charge in [-0.05, 0) is 42.3 Å². The number of carbonyl (C=O) groups excluding carboxylic acids is 3. The van der Waals surface area contributed by atoms with Gasteiger partial charge in [0.05, 0.1) is 32.0 Å². The quantitative estimate of drug-likeness (QED) is 0.296. The minimum atomic E-state index is -0.512. The monoisotopic (exact) mass is 395 g/mol. The number of benzene rings is 2. The van der Waals surface area contributed by atoms with Crippen LogP contribution in [0.15, 0.2) is 48.5 Å². The van der Waals surface area contributed by atoms with Gasteiger partial charge >= 0.3 is 5.97 Å². The fraction of sp³-hybridized carbons (Fsp3) is 0.227. The van der Waals surface area contributed by atoms with Crippen molar-refractivity contribution in [3.8, 4) is 11.5 Å². The van der Waals surface area contributed by atoms with Crippen molar-refractivity contribution in [2.45, 2.75) is 6.42 Å². The zero-order chi connectivity index (χ0) is 20.8. The van der Waals surface area contributed by atoms with Crippen LogP contribution >= 0.6 is 0 Å². The lowest BCUT2D eigenvalue weighted by atomic mass is 10.1. The average molecular weight is 395 g/mol. The first kappa shape index (κ1) is 20.1. The Morgan fingerprint density at radius 2 is 1.62 bits per heavy atom. The molecule has 3 rings (SSSR count). The number of hydrogen-bond donors (Lipinski definition) is 0. The number of nitrogens with zero attached hydrogens (tertiary/aromatic N) is 1. The molecule has 0 radical (unpaired) electrons. The zero-order valence-corrected chi connectivity index (χ0v) is 16.2. The third kappa shape index (κ3) is 4.45. The van der Waals surface area contributed by atoms with E-state index in [1.54, 1.807) is 55.7 Å². The Hall–Kier alpha value is -3.61. The number of ether oxygens (including phenoxy) is 3.